The topological polar surface area (TPSA) is 55.1 Å². The number of hydrogen-bond donors (Lipinski definition) is 2. The fraction of sp³-hybridized carbons (Fsp3) is 0.462. The van der Waals surface area contributed by atoms with E-state index in [9.17, 15) is 4.79 Å². The number of amides is 1. The Balaban J connectivity index is 2.72. The molecule has 0 saturated carbocycles. The highest BCUT2D eigenvalue weighted by atomic mass is 35.5. The van der Waals surface area contributed by atoms with E-state index in [0.29, 0.717) is 18.0 Å². The van der Waals surface area contributed by atoms with Gasteiger partial charge in [0.15, 0.2) is 0 Å². The molecule has 3 nitrogen and oxygen atoms in total. The number of nitrogens with two attached hydrogens (primary N) is 1. The molecule has 3 N–H and O–H groups in total. The lowest BCUT2D eigenvalue weighted by atomic mass is 9.89. The van der Waals surface area contributed by atoms with E-state index in [1.54, 1.807) is 6.07 Å². The second-order valence-corrected chi connectivity index (χ2v) is 5.41. The van der Waals surface area contributed by atoms with Crippen LogP contribution in [0.25, 0.3) is 0 Å². The second kappa shape index (κ2) is 5.52. The van der Waals surface area contributed by atoms with Crippen LogP contribution in [0.4, 0.5) is 5.69 Å². The average Bonchev–Trinajstić information content (AvgIpc) is 2.24. The molecule has 4 heteroatoms. The van der Waals surface area contributed by atoms with Gasteiger partial charge in [0.05, 0.1) is 0 Å². The summed E-state index contributed by atoms with van der Waals surface area (Å²) in [6.45, 7) is 6.30. The molecule has 0 unspecified atom stereocenters. The van der Waals surface area contributed by atoms with Gasteiger partial charge in [-0.15, -0.1) is 0 Å². The first-order valence-electron chi connectivity index (χ1n) is 5.61. The van der Waals surface area contributed by atoms with E-state index in [1.165, 1.54) is 0 Å². The summed E-state index contributed by atoms with van der Waals surface area (Å²) in [7, 11) is 0. The summed E-state index contributed by atoms with van der Waals surface area (Å²) in [5.74, 6) is -0.0363. The Morgan fingerprint density at radius 3 is 2.71 bits per heavy atom. The molecule has 1 aromatic carbocycles. The second-order valence-electron chi connectivity index (χ2n) is 5.01. The molecule has 1 rings (SSSR count). The summed E-state index contributed by atoms with van der Waals surface area (Å²) in [4.78, 5) is 11.8. The lowest BCUT2D eigenvalue weighted by Gasteiger charge is -2.21. The highest BCUT2D eigenvalue weighted by Crippen LogP contribution is 2.24. The Hall–Kier alpha value is -1.06. The predicted octanol–water partition coefficient (Wildman–Crippen LogP) is 2.96. The van der Waals surface area contributed by atoms with E-state index < -0.39 is 0 Å². The van der Waals surface area contributed by atoms with Crippen LogP contribution in [-0.4, -0.2) is 12.5 Å². The van der Waals surface area contributed by atoms with Crippen molar-refractivity contribution in [3.63, 3.8) is 0 Å². The zero-order chi connectivity index (χ0) is 13.1. The monoisotopic (exact) mass is 254 g/mol. The summed E-state index contributed by atoms with van der Waals surface area (Å²) in [5, 5.41) is 3.52. The number of carbonyl (C=O) groups is 1. The smallest absolute Gasteiger partial charge is 0.224 e. The number of hydrogen-bond acceptors (Lipinski definition) is 2. The number of halogens is 1. The van der Waals surface area contributed by atoms with Crippen LogP contribution in [-0.2, 0) is 4.79 Å². The number of benzene rings is 1. The van der Waals surface area contributed by atoms with Crippen molar-refractivity contribution in [3.8, 4) is 0 Å². The molecule has 0 heterocycles. The zero-order valence-electron chi connectivity index (χ0n) is 10.5. The third-order valence-electron chi connectivity index (χ3n) is 2.73. The van der Waals surface area contributed by atoms with E-state index in [4.69, 9.17) is 17.3 Å². The number of rotatable bonds is 4. The summed E-state index contributed by atoms with van der Waals surface area (Å²) < 4.78 is 0. The molecule has 0 aliphatic carbocycles. The van der Waals surface area contributed by atoms with Gasteiger partial charge in [0.25, 0.3) is 0 Å². The van der Waals surface area contributed by atoms with Gasteiger partial charge < -0.3 is 11.1 Å². The number of anilines is 1. The molecule has 94 valence electrons. The number of nitrogens with one attached hydrogen (secondary N) is 1. The van der Waals surface area contributed by atoms with E-state index in [0.717, 1.165) is 11.3 Å². The summed E-state index contributed by atoms with van der Waals surface area (Å²) in [6, 6.07) is 5.46. The molecule has 0 saturated heterocycles. The molecule has 0 atom stereocenters. The molecule has 1 aromatic rings. The third kappa shape index (κ3) is 4.02. The lowest BCUT2D eigenvalue weighted by molar-refractivity contribution is -0.117. The minimum atomic E-state index is -0.184. The first kappa shape index (κ1) is 14.0. The van der Waals surface area contributed by atoms with Gasteiger partial charge >= 0.3 is 0 Å². The van der Waals surface area contributed by atoms with Crippen molar-refractivity contribution >= 4 is 23.2 Å². The average molecular weight is 255 g/mol. The molecule has 0 aliphatic heterocycles. The van der Waals surface area contributed by atoms with Crippen LogP contribution >= 0.6 is 11.6 Å². The van der Waals surface area contributed by atoms with E-state index in [1.807, 2.05) is 32.9 Å². The van der Waals surface area contributed by atoms with Crippen LogP contribution in [0.15, 0.2) is 18.2 Å². The molecule has 0 aromatic heterocycles. The van der Waals surface area contributed by atoms with Gasteiger partial charge in [-0.2, -0.15) is 0 Å². The Bertz CT molecular complexity index is 416. The molecule has 0 spiro atoms. The standard InChI is InChI=1S/C13H19ClN2O/c1-9-10(14)5-4-6-11(9)16-12(17)7-13(2,3)8-15/h4-6H,7-8,15H2,1-3H3,(H,16,17). The first-order valence-corrected chi connectivity index (χ1v) is 5.98. The van der Waals surface area contributed by atoms with Crippen molar-refractivity contribution in [1.29, 1.82) is 0 Å². The molecular formula is C13H19ClN2O. The van der Waals surface area contributed by atoms with E-state index in [-0.39, 0.29) is 11.3 Å². The van der Waals surface area contributed by atoms with Gasteiger partial charge in [-0.05, 0) is 36.6 Å². The van der Waals surface area contributed by atoms with Crippen molar-refractivity contribution in [2.24, 2.45) is 11.1 Å². The van der Waals surface area contributed by atoms with Crippen molar-refractivity contribution in [2.45, 2.75) is 27.2 Å². The van der Waals surface area contributed by atoms with Crippen molar-refractivity contribution in [3.05, 3.63) is 28.8 Å². The molecule has 0 radical (unpaired) electrons. The summed E-state index contributed by atoms with van der Waals surface area (Å²) >= 11 is 5.99. The van der Waals surface area contributed by atoms with E-state index >= 15 is 0 Å². The molecule has 17 heavy (non-hydrogen) atoms. The van der Waals surface area contributed by atoms with Crippen molar-refractivity contribution < 1.29 is 4.79 Å². The maximum atomic E-state index is 11.8. The van der Waals surface area contributed by atoms with Crippen LogP contribution in [0, 0.1) is 12.3 Å². The Morgan fingerprint density at radius 1 is 1.47 bits per heavy atom. The third-order valence-corrected chi connectivity index (χ3v) is 3.14. The van der Waals surface area contributed by atoms with Crippen LogP contribution < -0.4 is 11.1 Å². The van der Waals surface area contributed by atoms with Gasteiger partial charge in [-0.25, -0.2) is 0 Å². The maximum Gasteiger partial charge on any atom is 0.224 e. The highest BCUT2D eigenvalue weighted by molar-refractivity contribution is 6.31. The summed E-state index contributed by atoms with van der Waals surface area (Å²) in [6.07, 6.45) is 0.398. The zero-order valence-corrected chi connectivity index (χ0v) is 11.3. The Kier molecular flexibility index (Phi) is 4.54. The fourth-order valence-electron chi connectivity index (χ4n) is 1.44. The van der Waals surface area contributed by atoms with E-state index in [2.05, 4.69) is 5.32 Å². The lowest BCUT2D eigenvalue weighted by Crippen LogP contribution is -2.29. The van der Waals surface area contributed by atoms with Crippen LogP contribution in [0.5, 0.6) is 0 Å². The minimum absolute atomic E-state index is 0.0363. The van der Waals surface area contributed by atoms with Crippen LogP contribution in [0.2, 0.25) is 5.02 Å². The Labute approximate surface area is 107 Å². The van der Waals surface area contributed by atoms with Gasteiger partial charge in [0.1, 0.15) is 0 Å². The highest BCUT2D eigenvalue weighted by Gasteiger charge is 2.20. The van der Waals surface area contributed by atoms with Gasteiger partial charge in [-0.1, -0.05) is 31.5 Å². The van der Waals surface area contributed by atoms with Gasteiger partial charge in [0, 0.05) is 17.1 Å². The normalized spacial score (nSPS) is 11.4. The molecule has 1 amide bonds. The van der Waals surface area contributed by atoms with Gasteiger partial charge in [-0.3, -0.25) is 4.79 Å². The fourth-order valence-corrected chi connectivity index (χ4v) is 1.62. The molecule has 0 fully saturated rings. The first-order chi connectivity index (χ1) is 7.85. The summed E-state index contributed by atoms with van der Waals surface area (Å²) in [5.41, 5.74) is 7.06. The predicted molar refractivity (Wildman–Crippen MR) is 72.3 cm³/mol. The minimum Gasteiger partial charge on any atom is -0.330 e. The molecule has 0 aliphatic rings. The van der Waals surface area contributed by atoms with Crippen LogP contribution in [0.3, 0.4) is 0 Å². The SMILES string of the molecule is Cc1c(Cl)cccc1NC(=O)CC(C)(C)CN. The largest absolute Gasteiger partial charge is 0.330 e. The van der Waals surface area contributed by atoms with Crippen molar-refractivity contribution in [2.75, 3.05) is 11.9 Å². The van der Waals surface area contributed by atoms with Gasteiger partial charge in [0.2, 0.25) is 5.91 Å². The van der Waals surface area contributed by atoms with Crippen molar-refractivity contribution in [1.82, 2.24) is 0 Å². The van der Waals surface area contributed by atoms with Crippen LogP contribution in [0.1, 0.15) is 25.8 Å². The number of carbonyl (C=O) groups excluding carboxylic acids is 1. The molecular weight excluding hydrogens is 236 g/mol. The Morgan fingerprint density at radius 2 is 2.12 bits per heavy atom. The molecule has 0 bridgehead atoms. The quantitative estimate of drug-likeness (QED) is 0.868. The maximum absolute atomic E-state index is 11.8.